The maximum absolute atomic E-state index is 5.53. The van der Waals surface area contributed by atoms with Crippen molar-refractivity contribution < 1.29 is 4.74 Å². The Labute approximate surface area is 132 Å². The molecule has 0 spiro atoms. The topological polar surface area (TPSA) is 28.3 Å². The average molecular weight is 298 g/mol. The van der Waals surface area contributed by atoms with Crippen molar-refractivity contribution in [2.24, 2.45) is 0 Å². The van der Waals surface area contributed by atoms with E-state index in [0.29, 0.717) is 5.41 Å². The van der Waals surface area contributed by atoms with Gasteiger partial charge in [-0.1, -0.05) is 32.3 Å². The van der Waals surface area contributed by atoms with Gasteiger partial charge in [-0.25, -0.2) is 0 Å². The summed E-state index contributed by atoms with van der Waals surface area (Å²) >= 11 is 0. The van der Waals surface area contributed by atoms with E-state index >= 15 is 0 Å². The molecule has 2 aliphatic rings. The van der Waals surface area contributed by atoms with Crippen LogP contribution in [0.1, 0.15) is 44.6 Å². The zero-order valence-electron chi connectivity index (χ0n) is 13.5. The van der Waals surface area contributed by atoms with Crippen molar-refractivity contribution >= 4 is 16.6 Å². The number of nitrogens with zero attached hydrogens (tertiary/aromatic N) is 1. The first-order valence-electron chi connectivity index (χ1n) is 8.71. The van der Waals surface area contributed by atoms with Gasteiger partial charge in [0.1, 0.15) is 0 Å². The van der Waals surface area contributed by atoms with Crippen molar-refractivity contribution in [2.45, 2.75) is 44.4 Å². The number of benzene rings is 1. The monoisotopic (exact) mass is 298 g/mol. The summed E-state index contributed by atoms with van der Waals surface area (Å²) in [7, 11) is 0. The molecule has 2 heterocycles. The van der Waals surface area contributed by atoms with Crippen LogP contribution < -0.4 is 4.90 Å². The largest absolute Gasteiger partial charge is 0.378 e. The quantitative estimate of drug-likeness (QED) is 0.899. The molecule has 1 N–H and O–H groups in total. The molecule has 2 fully saturated rings. The van der Waals surface area contributed by atoms with Gasteiger partial charge in [0, 0.05) is 35.9 Å². The molecular formula is C19H26N2O. The Morgan fingerprint density at radius 2 is 1.86 bits per heavy atom. The first-order chi connectivity index (χ1) is 10.8. The minimum Gasteiger partial charge on any atom is -0.378 e. The fourth-order valence-corrected chi connectivity index (χ4v) is 4.31. The Morgan fingerprint density at radius 3 is 2.64 bits per heavy atom. The summed E-state index contributed by atoms with van der Waals surface area (Å²) in [5.41, 5.74) is 4.54. The van der Waals surface area contributed by atoms with E-state index in [0.717, 1.165) is 26.3 Å². The van der Waals surface area contributed by atoms with Crippen LogP contribution in [0, 0.1) is 0 Å². The molecule has 1 aliphatic heterocycles. The van der Waals surface area contributed by atoms with Crippen molar-refractivity contribution in [1.82, 2.24) is 4.98 Å². The number of aromatic amines is 1. The summed E-state index contributed by atoms with van der Waals surface area (Å²) in [5, 5.41) is 1.45. The molecular weight excluding hydrogens is 272 g/mol. The lowest BCUT2D eigenvalue weighted by molar-refractivity contribution is 0.123. The third kappa shape index (κ3) is 2.32. The van der Waals surface area contributed by atoms with E-state index in [2.05, 4.69) is 41.2 Å². The number of nitrogens with one attached hydrogen (secondary N) is 1. The molecule has 0 radical (unpaired) electrons. The van der Waals surface area contributed by atoms with Gasteiger partial charge >= 0.3 is 0 Å². The number of H-pyrrole nitrogens is 1. The number of hydrogen-bond donors (Lipinski definition) is 1. The number of rotatable bonds is 2. The second-order valence-electron chi connectivity index (χ2n) is 7.12. The Balaban J connectivity index is 1.82. The Bertz CT molecular complexity index is 648. The van der Waals surface area contributed by atoms with E-state index in [1.807, 2.05) is 0 Å². The molecule has 0 amide bonds. The minimum atomic E-state index is 0.332. The lowest BCUT2D eigenvalue weighted by atomic mass is 9.71. The normalized spacial score (nSPS) is 22.1. The Morgan fingerprint density at radius 1 is 1.09 bits per heavy atom. The molecule has 22 heavy (non-hydrogen) atoms. The van der Waals surface area contributed by atoms with Gasteiger partial charge < -0.3 is 14.6 Å². The van der Waals surface area contributed by atoms with Gasteiger partial charge in [-0.3, -0.25) is 0 Å². The highest BCUT2D eigenvalue weighted by Crippen LogP contribution is 2.44. The number of fused-ring (bicyclic) bond motifs is 1. The lowest BCUT2D eigenvalue weighted by Gasteiger charge is -2.35. The first kappa shape index (κ1) is 14.1. The summed E-state index contributed by atoms with van der Waals surface area (Å²) in [5.74, 6) is 0. The highest BCUT2D eigenvalue weighted by Gasteiger charge is 2.32. The first-order valence-corrected chi connectivity index (χ1v) is 8.71. The van der Waals surface area contributed by atoms with E-state index in [4.69, 9.17) is 4.74 Å². The smallest absolute Gasteiger partial charge is 0.0642 e. The summed E-state index contributed by atoms with van der Waals surface area (Å²) in [6.07, 6.45) is 9.04. The molecule has 3 nitrogen and oxygen atoms in total. The highest BCUT2D eigenvalue weighted by molar-refractivity contribution is 5.96. The van der Waals surface area contributed by atoms with Gasteiger partial charge in [0.05, 0.1) is 13.2 Å². The fraction of sp³-hybridized carbons (Fsp3) is 0.579. The van der Waals surface area contributed by atoms with Gasteiger partial charge in [0.15, 0.2) is 0 Å². The van der Waals surface area contributed by atoms with Crippen LogP contribution in [0.15, 0.2) is 24.4 Å². The lowest BCUT2D eigenvalue weighted by Crippen LogP contribution is -2.36. The summed E-state index contributed by atoms with van der Waals surface area (Å²) < 4.78 is 5.53. The molecule has 1 aromatic carbocycles. The number of morpholine rings is 1. The van der Waals surface area contributed by atoms with Crippen molar-refractivity contribution in [3.63, 3.8) is 0 Å². The summed E-state index contributed by atoms with van der Waals surface area (Å²) in [6, 6.07) is 6.68. The van der Waals surface area contributed by atoms with Crippen LogP contribution in [0.2, 0.25) is 0 Å². The third-order valence-corrected chi connectivity index (χ3v) is 5.64. The van der Waals surface area contributed by atoms with Crippen molar-refractivity contribution in [1.29, 1.82) is 0 Å². The van der Waals surface area contributed by atoms with Crippen LogP contribution in [-0.2, 0) is 10.2 Å². The van der Waals surface area contributed by atoms with Crippen molar-refractivity contribution in [2.75, 3.05) is 31.2 Å². The molecule has 118 valence electrons. The minimum absolute atomic E-state index is 0.332. The van der Waals surface area contributed by atoms with Crippen LogP contribution in [0.3, 0.4) is 0 Å². The standard InChI is InChI=1S/C19H26N2O/c1-19(8-3-2-4-9-19)15-14-20-16-6-5-7-17(18(15)16)21-10-12-22-13-11-21/h5-7,14,20H,2-4,8-13H2,1H3. The van der Waals surface area contributed by atoms with Crippen LogP contribution in [0.25, 0.3) is 10.9 Å². The molecule has 1 aliphatic carbocycles. The van der Waals surface area contributed by atoms with Gasteiger partial charge in [-0.05, 0) is 36.0 Å². The molecule has 1 aromatic heterocycles. The molecule has 0 unspecified atom stereocenters. The van der Waals surface area contributed by atoms with Gasteiger partial charge in [0.25, 0.3) is 0 Å². The molecule has 4 rings (SSSR count). The zero-order valence-corrected chi connectivity index (χ0v) is 13.5. The van der Waals surface area contributed by atoms with E-state index in [1.165, 1.54) is 54.3 Å². The molecule has 0 atom stereocenters. The molecule has 2 aromatic rings. The van der Waals surface area contributed by atoms with Crippen LogP contribution in [-0.4, -0.2) is 31.3 Å². The number of aromatic nitrogens is 1. The maximum atomic E-state index is 5.53. The van der Waals surface area contributed by atoms with Crippen LogP contribution in [0.4, 0.5) is 5.69 Å². The predicted molar refractivity (Wildman–Crippen MR) is 91.8 cm³/mol. The SMILES string of the molecule is CC1(c2c[nH]c3cccc(N4CCOCC4)c23)CCCCC1. The van der Waals surface area contributed by atoms with E-state index in [9.17, 15) is 0 Å². The third-order valence-electron chi connectivity index (χ3n) is 5.64. The molecule has 1 saturated heterocycles. The van der Waals surface area contributed by atoms with Crippen LogP contribution in [0.5, 0.6) is 0 Å². The Kier molecular flexibility index (Phi) is 3.61. The number of anilines is 1. The van der Waals surface area contributed by atoms with Gasteiger partial charge in [-0.15, -0.1) is 0 Å². The Hall–Kier alpha value is -1.48. The second kappa shape index (κ2) is 5.62. The fourth-order valence-electron chi connectivity index (χ4n) is 4.31. The summed E-state index contributed by atoms with van der Waals surface area (Å²) in [6.45, 7) is 6.15. The second-order valence-corrected chi connectivity index (χ2v) is 7.12. The van der Waals surface area contributed by atoms with Gasteiger partial charge in [0.2, 0.25) is 0 Å². The molecule has 1 saturated carbocycles. The van der Waals surface area contributed by atoms with E-state index < -0.39 is 0 Å². The summed E-state index contributed by atoms with van der Waals surface area (Å²) in [4.78, 5) is 6.03. The number of hydrogen-bond acceptors (Lipinski definition) is 2. The molecule has 0 bridgehead atoms. The van der Waals surface area contributed by atoms with Crippen molar-refractivity contribution in [3.05, 3.63) is 30.0 Å². The highest BCUT2D eigenvalue weighted by atomic mass is 16.5. The van der Waals surface area contributed by atoms with E-state index in [1.54, 1.807) is 0 Å². The zero-order chi connectivity index (χ0) is 15.0. The maximum Gasteiger partial charge on any atom is 0.0642 e. The average Bonchev–Trinajstić information content (AvgIpc) is 3.01. The number of ether oxygens (including phenoxy) is 1. The van der Waals surface area contributed by atoms with E-state index in [-0.39, 0.29) is 0 Å². The van der Waals surface area contributed by atoms with Crippen molar-refractivity contribution in [3.8, 4) is 0 Å². The predicted octanol–water partition coefficient (Wildman–Crippen LogP) is 4.23. The van der Waals surface area contributed by atoms with Crippen LogP contribution >= 0.6 is 0 Å². The van der Waals surface area contributed by atoms with Gasteiger partial charge in [-0.2, -0.15) is 0 Å². The molecule has 3 heteroatoms.